The molecular weight excluding hydrogens is 151 g/mol. The van der Waals surface area contributed by atoms with E-state index in [0.29, 0.717) is 0 Å². The fraction of sp³-hybridized carbons (Fsp3) is 1.00. The van der Waals surface area contributed by atoms with Crippen LogP contribution in [-0.4, -0.2) is 14.7 Å². The van der Waals surface area contributed by atoms with Crippen molar-refractivity contribution in [1.29, 1.82) is 0 Å². The molecule has 0 fully saturated rings. The first-order valence-corrected chi connectivity index (χ1v) is 3.61. The second-order valence-electron chi connectivity index (χ2n) is 0.682. The fourth-order valence-electron chi connectivity index (χ4n) is 0. The minimum Gasteiger partial charge on any atom is -0.213 e. The smallest absolute Gasteiger partial charge is 0.213 e. The molecule has 0 amide bonds. The van der Waals surface area contributed by atoms with Crippen LogP contribution in [0.3, 0.4) is 0 Å². The number of rotatable bonds is 0. The van der Waals surface area contributed by atoms with Crippen molar-refractivity contribution in [2.75, 3.05) is 6.26 Å². The predicted molar refractivity (Wildman–Crippen MR) is 20.7 cm³/mol. The van der Waals surface area contributed by atoms with E-state index >= 15 is 0 Å². The van der Waals surface area contributed by atoms with Crippen LogP contribution in [0.1, 0.15) is 0 Å². The Morgan fingerprint density at radius 3 is 1.50 bits per heavy atom. The standard InChI is InChI=1S/CH3ClO2S.Ar/c1-5(2,3)4;/h1H3;. The normalized spacial score (nSPS) is 9.67. The van der Waals surface area contributed by atoms with E-state index in [1.165, 1.54) is 0 Å². The summed E-state index contributed by atoms with van der Waals surface area (Å²) < 4.78 is 18.8. The summed E-state index contributed by atoms with van der Waals surface area (Å²) in [6, 6.07) is 0. The van der Waals surface area contributed by atoms with Gasteiger partial charge in [-0.3, -0.25) is 0 Å². The third-order valence-corrected chi connectivity index (χ3v) is 0. The van der Waals surface area contributed by atoms with E-state index < -0.39 is 9.05 Å². The molecule has 40 valence electrons. The Balaban J connectivity index is 0. The molecule has 5 heteroatoms. The third-order valence-electron chi connectivity index (χ3n) is 0. The Hall–Kier alpha value is 1.50. The molecule has 0 rings (SSSR count). The summed E-state index contributed by atoms with van der Waals surface area (Å²) in [6.07, 6.45) is 0.925. The van der Waals surface area contributed by atoms with E-state index in [9.17, 15) is 8.42 Å². The fourth-order valence-corrected chi connectivity index (χ4v) is 0. The van der Waals surface area contributed by atoms with Crippen molar-refractivity contribution in [2.24, 2.45) is 0 Å². The van der Waals surface area contributed by atoms with Crippen molar-refractivity contribution in [1.82, 2.24) is 0 Å². The van der Waals surface area contributed by atoms with E-state index in [1.54, 1.807) is 0 Å². The van der Waals surface area contributed by atoms with Gasteiger partial charge in [0.25, 0.3) is 0 Å². The molecule has 0 aromatic heterocycles. The van der Waals surface area contributed by atoms with Gasteiger partial charge in [-0.05, 0) is 0 Å². The van der Waals surface area contributed by atoms with E-state index in [2.05, 4.69) is 10.7 Å². The van der Waals surface area contributed by atoms with Crippen molar-refractivity contribution in [2.45, 2.75) is 0 Å². The van der Waals surface area contributed by atoms with E-state index in [4.69, 9.17) is 0 Å². The summed E-state index contributed by atoms with van der Waals surface area (Å²) in [4.78, 5) is 0. The largest absolute Gasteiger partial charge is 0.229 e. The van der Waals surface area contributed by atoms with Crippen LogP contribution in [0.15, 0.2) is 0 Å². The van der Waals surface area contributed by atoms with Gasteiger partial charge in [-0.15, -0.1) is 0 Å². The van der Waals surface area contributed by atoms with Crippen molar-refractivity contribution in [3.05, 3.63) is 0 Å². The Bertz CT molecular complexity index is 96.7. The molecule has 6 heavy (non-hydrogen) atoms. The van der Waals surface area contributed by atoms with Crippen LogP contribution in [0.25, 0.3) is 0 Å². The van der Waals surface area contributed by atoms with Crippen molar-refractivity contribution in [3.63, 3.8) is 0 Å². The molecule has 0 aliphatic rings. The molecular formula is CH3ArClO2S. The van der Waals surface area contributed by atoms with Crippen LogP contribution in [0.4, 0.5) is 0 Å². The summed E-state index contributed by atoms with van der Waals surface area (Å²) in [5, 5.41) is 0. The maximum atomic E-state index is 9.40. The molecule has 0 unspecified atom stereocenters. The molecule has 0 aliphatic heterocycles. The van der Waals surface area contributed by atoms with Gasteiger partial charge in [0.15, 0.2) is 0 Å². The molecule has 0 heterocycles. The van der Waals surface area contributed by atoms with Gasteiger partial charge in [0.05, 0.1) is 6.26 Å². The zero-order valence-corrected chi connectivity index (χ0v) is 5.24. The number of halogens is 1. The molecule has 0 aliphatic carbocycles. The molecule has 0 aromatic carbocycles. The van der Waals surface area contributed by atoms with Gasteiger partial charge in [-0.1, -0.05) is 0 Å². The monoisotopic (exact) mass is 154 g/mol. The molecule has 0 radical (unpaired) electrons. The van der Waals surface area contributed by atoms with Gasteiger partial charge in [0.1, 0.15) is 0 Å². The van der Waals surface area contributed by atoms with Gasteiger partial charge < -0.3 is 0 Å². The minimum absolute atomic E-state index is 0. The average Bonchev–Trinajstić information content (AvgIpc) is 0.722. The summed E-state index contributed by atoms with van der Waals surface area (Å²) in [5.41, 5.74) is 0. The van der Waals surface area contributed by atoms with E-state index in [1.807, 2.05) is 0 Å². The second kappa shape index (κ2) is 3.50. The number of hydrogen-bond acceptors (Lipinski definition) is 2. The van der Waals surface area contributed by atoms with Crippen molar-refractivity contribution < 1.29 is 46.2 Å². The molecule has 0 atom stereocenters. The quantitative estimate of drug-likeness (QED) is 0.467. The summed E-state index contributed by atoms with van der Waals surface area (Å²) in [7, 11) is 1.31. The van der Waals surface area contributed by atoms with Crippen LogP contribution in [-0.2, 0) is 9.05 Å². The summed E-state index contributed by atoms with van der Waals surface area (Å²) in [6.45, 7) is 0. The van der Waals surface area contributed by atoms with Gasteiger partial charge in [-0.2, -0.15) is 0 Å². The first kappa shape index (κ1) is 10.5. The molecule has 2 nitrogen and oxygen atoms in total. The van der Waals surface area contributed by atoms with E-state index in [-0.39, 0.29) is 37.7 Å². The molecule has 0 N–H and O–H groups in total. The Kier molecular flexibility index (Phi) is 6.10. The van der Waals surface area contributed by atoms with Crippen molar-refractivity contribution in [3.8, 4) is 0 Å². The van der Waals surface area contributed by atoms with Crippen LogP contribution < -0.4 is 0 Å². The van der Waals surface area contributed by atoms with Gasteiger partial charge in [-0.25, -0.2) is 8.42 Å². The summed E-state index contributed by atoms with van der Waals surface area (Å²) in [5.74, 6) is 0. The van der Waals surface area contributed by atoms with Gasteiger partial charge >= 0.3 is 0 Å². The number of hydrogen-bond donors (Lipinski definition) is 0. The Morgan fingerprint density at radius 1 is 1.50 bits per heavy atom. The average molecular weight is 155 g/mol. The zero-order valence-electron chi connectivity index (χ0n) is 2.96. The zero-order chi connectivity index (χ0) is 4.50. The molecule has 0 spiro atoms. The van der Waals surface area contributed by atoms with E-state index in [0.717, 1.165) is 6.26 Å². The van der Waals surface area contributed by atoms with Crippen LogP contribution in [0.5, 0.6) is 0 Å². The maximum Gasteiger partial charge on any atom is 0.229 e. The Labute approximate surface area is 71.3 Å². The minimum atomic E-state index is -3.19. The SMILES string of the molecule is CS(=O)(=O)Cl.[Ar]. The van der Waals surface area contributed by atoms with Crippen LogP contribution in [0.2, 0.25) is 0 Å². The second-order valence-corrected chi connectivity index (χ2v) is 3.73. The van der Waals surface area contributed by atoms with Gasteiger partial charge in [0, 0.05) is 48.4 Å². The maximum absolute atomic E-state index is 9.40. The molecule has 0 saturated heterocycles. The topological polar surface area (TPSA) is 34.1 Å². The molecule has 0 aromatic rings. The third kappa shape index (κ3) is 49.5. The van der Waals surface area contributed by atoms with Crippen LogP contribution in [0, 0.1) is 37.7 Å². The molecule has 0 saturated carbocycles. The predicted octanol–water partition coefficient (Wildman–Crippen LogP) is 0.185. The van der Waals surface area contributed by atoms with Crippen LogP contribution >= 0.6 is 10.7 Å². The molecule has 0 bridgehead atoms. The first-order valence-electron chi connectivity index (χ1n) is 0.896. The first-order chi connectivity index (χ1) is 2.00. The summed E-state index contributed by atoms with van der Waals surface area (Å²) >= 11 is 0. The Morgan fingerprint density at radius 2 is 1.50 bits per heavy atom. The van der Waals surface area contributed by atoms with Crippen molar-refractivity contribution >= 4 is 19.7 Å². The van der Waals surface area contributed by atoms with Gasteiger partial charge in [0.2, 0.25) is 9.05 Å².